The van der Waals surface area contributed by atoms with Crippen LogP contribution in [0.4, 0.5) is 10.5 Å². The van der Waals surface area contributed by atoms with Crippen LogP contribution in [0.5, 0.6) is 0 Å². The lowest BCUT2D eigenvalue weighted by Crippen LogP contribution is -2.64. The second-order valence-corrected chi connectivity index (χ2v) is 7.64. The average molecular weight is 392 g/mol. The van der Waals surface area contributed by atoms with E-state index in [2.05, 4.69) is 5.32 Å². The predicted octanol–water partition coefficient (Wildman–Crippen LogP) is 2.09. The van der Waals surface area contributed by atoms with Crippen molar-refractivity contribution in [3.63, 3.8) is 0 Å². The first-order valence-corrected chi connectivity index (χ1v) is 9.70. The van der Waals surface area contributed by atoms with Gasteiger partial charge >= 0.3 is 6.03 Å². The van der Waals surface area contributed by atoms with E-state index in [0.29, 0.717) is 18.5 Å². The summed E-state index contributed by atoms with van der Waals surface area (Å²) < 4.78 is 0. The molecular weight excluding hydrogens is 368 g/mol. The van der Waals surface area contributed by atoms with Crippen LogP contribution in [0.15, 0.2) is 54.6 Å². The fourth-order valence-corrected chi connectivity index (χ4v) is 3.96. The Morgan fingerprint density at radius 2 is 1.76 bits per heavy atom. The number of likely N-dealkylation sites (tertiary alicyclic amines) is 1. The van der Waals surface area contributed by atoms with Crippen LogP contribution in [0.3, 0.4) is 0 Å². The van der Waals surface area contributed by atoms with Gasteiger partial charge in [0.1, 0.15) is 6.04 Å². The highest BCUT2D eigenvalue weighted by molar-refractivity contribution is 6.04. The molecule has 2 fully saturated rings. The van der Waals surface area contributed by atoms with Crippen LogP contribution < -0.4 is 10.2 Å². The van der Waals surface area contributed by atoms with Gasteiger partial charge in [0.2, 0.25) is 0 Å². The van der Waals surface area contributed by atoms with Gasteiger partial charge in [0.25, 0.3) is 11.8 Å². The van der Waals surface area contributed by atoms with Crippen LogP contribution in [0.1, 0.15) is 22.3 Å². The Kier molecular flexibility index (Phi) is 4.96. The molecule has 4 amide bonds. The van der Waals surface area contributed by atoms with E-state index < -0.39 is 12.1 Å². The fourth-order valence-electron chi connectivity index (χ4n) is 3.96. The molecule has 0 saturated carbocycles. The highest BCUT2D eigenvalue weighted by Crippen LogP contribution is 2.27. The Hall–Kier alpha value is -3.35. The number of hydrogen-bond donors (Lipinski definition) is 1. The molecule has 2 aliphatic heterocycles. The summed E-state index contributed by atoms with van der Waals surface area (Å²) in [5.41, 5.74) is 2.40. The van der Waals surface area contributed by atoms with Crippen molar-refractivity contribution in [2.45, 2.75) is 25.0 Å². The molecule has 2 aromatic carbocycles. The summed E-state index contributed by atoms with van der Waals surface area (Å²) in [6, 6.07) is 15.3. The first-order chi connectivity index (χ1) is 14.0. The summed E-state index contributed by atoms with van der Waals surface area (Å²) in [6.07, 6.45) is 0.572. The number of benzene rings is 2. The number of fused-ring (bicyclic) bond motifs is 1. The van der Waals surface area contributed by atoms with E-state index in [9.17, 15) is 14.4 Å². The second kappa shape index (κ2) is 7.58. The first-order valence-electron chi connectivity index (χ1n) is 9.70. The maximum Gasteiger partial charge on any atom is 0.324 e. The molecule has 150 valence electrons. The summed E-state index contributed by atoms with van der Waals surface area (Å²) in [6.45, 7) is 0.628. The molecule has 29 heavy (non-hydrogen) atoms. The highest BCUT2D eigenvalue weighted by atomic mass is 16.2. The van der Waals surface area contributed by atoms with E-state index >= 15 is 0 Å². The molecule has 7 nitrogen and oxygen atoms in total. The van der Waals surface area contributed by atoms with Crippen LogP contribution >= 0.6 is 0 Å². The molecule has 2 heterocycles. The van der Waals surface area contributed by atoms with Crippen molar-refractivity contribution in [3.8, 4) is 0 Å². The summed E-state index contributed by atoms with van der Waals surface area (Å²) in [7, 11) is 3.87. The number of anilines is 1. The molecule has 7 heteroatoms. The smallest absolute Gasteiger partial charge is 0.324 e. The van der Waals surface area contributed by atoms with Gasteiger partial charge in [0.15, 0.2) is 0 Å². The average Bonchev–Trinajstić information content (AvgIpc) is 3.15. The van der Waals surface area contributed by atoms with Gasteiger partial charge in [-0.15, -0.1) is 0 Å². The molecule has 0 bridgehead atoms. The predicted molar refractivity (Wildman–Crippen MR) is 110 cm³/mol. The van der Waals surface area contributed by atoms with E-state index in [0.717, 1.165) is 11.3 Å². The van der Waals surface area contributed by atoms with Gasteiger partial charge in [0, 0.05) is 31.9 Å². The quantitative estimate of drug-likeness (QED) is 0.865. The number of imide groups is 1. The van der Waals surface area contributed by atoms with E-state index in [-0.39, 0.29) is 24.4 Å². The zero-order chi connectivity index (χ0) is 20.5. The number of amides is 4. The normalized spacial score (nSPS) is 21.0. The van der Waals surface area contributed by atoms with Gasteiger partial charge in [-0.2, -0.15) is 0 Å². The number of urea groups is 1. The molecule has 2 saturated heterocycles. The van der Waals surface area contributed by atoms with Gasteiger partial charge in [0.05, 0.1) is 12.6 Å². The van der Waals surface area contributed by atoms with E-state index in [1.54, 1.807) is 17.0 Å². The standard InChI is InChI=1S/C22H24N4O3/c1-24(2)17-10-8-16(9-11-17)20(27)25-13-12-18-19(25)21(28)26(22(29)23-18)14-15-6-4-3-5-7-15/h3-11,18-19H,12-14H2,1-2H3,(H,23,29)/t18-,19-/m0/s1. The lowest BCUT2D eigenvalue weighted by Gasteiger charge is -2.37. The molecule has 0 aromatic heterocycles. The Bertz CT molecular complexity index is 927. The number of carbonyl (C=O) groups excluding carboxylic acids is 3. The Morgan fingerprint density at radius 1 is 1.07 bits per heavy atom. The number of hydrogen-bond acceptors (Lipinski definition) is 4. The largest absolute Gasteiger partial charge is 0.378 e. The topological polar surface area (TPSA) is 73.0 Å². The summed E-state index contributed by atoms with van der Waals surface area (Å²) >= 11 is 0. The Balaban J connectivity index is 1.55. The zero-order valence-electron chi connectivity index (χ0n) is 16.5. The van der Waals surface area contributed by atoms with Crippen molar-refractivity contribution in [1.82, 2.24) is 15.1 Å². The fraction of sp³-hybridized carbons (Fsp3) is 0.318. The van der Waals surface area contributed by atoms with Gasteiger partial charge < -0.3 is 15.1 Å². The highest BCUT2D eigenvalue weighted by Gasteiger charge is 2.49. The lowest BCUT2D eigenvalue weighted by molar-refractivity contribution is -0.134. The van der Waals surface area contributed by atoms with Gasteiger partial charge in [-0.1, -0.05) is 30.3 Å². The summed E-state index contributed by atoms with van der Waals surface area (Å²) in [5, 5.41) is 2.91. The van der Waals surface area contributed by atoms with Crippen molar-refractivity contribution < 1.29 is 14.4 Å². The number of carbonyl (C=O) groups is 3. The number of nitrogens with zero attached hydrogens (tertiary/aromatic N) is 3. The van der Waals surface area contributed by atoms with Gasteiger partial charge in [-0.3, -0.25) is 14.5 Å². The summed E-state index contributed by atoms with van der Waals surface area (Å²) in [5.74, 6) is -0.509. The van der Waals surface area contributed by atoms with Crippen molar-refractivity contribution in [2.75, 3.05) is 25.5 Å². The molecule has 4 rings (SSSR count). The molecular formula is C22H24N4O3. The minimum absolute atomic E-state index is 0.188. The molecule has 2 aliphatic rings. The number of rotatable bonds is 4. The Morgan fingerprint density at radius 3 is 2.41 bits per heavy atom. The number of nitrogens with one attached hydrogen (secondary N) is 1. The van der Waals surface area contributed by atoms with Gasteiger partial charge in [-0.25, -0.2) is 4.79 Å². The SMILES string of the molecule is CN(C)c1ccc(C(=O)N2CC[C@@H]3NC(=O)N(Cc4ccccc4)C(=O)[C@H]32)cc1. The first kappa shape index (κ1) is 19.0. The second-order valence-electron chi connectivity index (χ2n) is 7.64. The van der Waals surface area contributed by atoms with E-state index in [1.807, 2.05) is 61.5 Å². The van der Waals surface area contributed by atoms with Crippen molar-refractivity contribution in [3.05, 3.63) is 65.7 Å². The Labute approximate surface area is 169 Å². The molecule has 2 aromatic rings. The summed E-state index contributed by atoms with van der Waals surface area (Å²) in [4.78, 5) is 43.5. The maximum atomic E-state index is 13.2. The maximum absolute atomic E-state index is 13.2. The van der Waals surface area contributed by atoms with Crippen molar-refractivity contribution in [2.24, 2.45) is 0 Å². The third kappa shape index (κ3) is 3.55. The molecule has 0 aliphatic carbocycles. The van der Waals surface area contributed by atoms with Crippen LogP contribution in [0, 0.1) is 0 Å². The van der Waals surface area contributed by atoms with Crippen LogP contribution in [0.2, 0.25) is 0 Å². The molecule has 0 spiro atoms. The van der Waals surface area contributed by atoms with Crippen molar-refractivity contribution in [1.29, 1.82) is 0 Å². The van der Waals surface area contributed by atoms with Crippen molar-refractivity contribution >= 4 is 23.5 Å². The third-order valence-corrected chi connectivity index (χ3v) is 5.55. The van der Waals surface area contributed by atoms with Crippen LogP contribution in [0.25, 0.3) is 0 Å². The van der Waals surface area contributed by atoms with Crippen LogP contribution in [-0.2, 0) is 11.3 Å². The molecule has 0 radical (unpaired) electrons. The van der Waals surface area contributed by atoms with Crippen LogP contribution in [-0.4, -0.2) is 60.4 Å². The third-order valence-electron chi connectivity index (χ3n) is 5.55. The van der Waals surface area contributed by atoms with E-state index in [4.69, 9.17) is 0 Å². The molecule has 1 N–H and O–H groups in total. The monoisotopic (exact) mass is 392 g/mol. The van der Waals surface area contributed by atoms with E-state index in [1.165, 1.54) is 4.90 Å². The molecule has 0 unspecified atom stereocenters. The molecule has 2 atom stereocenters. The minimum Gasteiger partial charge on any atom is -0.378 e. The zero-order valence-corrected chi connectivity index (χ0v) is 16.5. The minimum atomic E-state index is -0.669. The van der Waals surface area contributed by atoms with Gasteiger partial charge in [-0.05, 0) is 36.2 Å². The lowest BCUT2D eigenvalue weighted by atomic mass is 10.0.